The minimum absolute atomic E-state index is 0.0646. The Morgan fingerprint density at radius 3 is 2.62 bits per heavy atom. The standard InChI is InChI=1S/C35H49N2O9P/c1-7-24-17-35(24,47(41,42)43)18-29(38)28-15-25-19-37(28)33(40)27(34(3,4)5)16-31(39)45-20-21(2)9-8-10-23-13-26-22(14-30(23)44-6)11-12-36-32(26)46-25/h11-14,21,24-25,27-28H,7-10,15-20H2,1-6H3,(H2,41,42,43)/t21-,24?,25-,27-,28+,35?/m1/s1. The SMILES string of the molecule is CCC1CC1(CC(=O)[C@@H]1C[C@@H]2CN1C(=O)[C@H](C(C)(C)C)CC(=O)OC[C@H](C)CCCc1cc3c(nccc3cc1OC)O2)P(=O)(O)O. The molecule has 1 aromatic heterocycles. The molecule has 2 fully saturated rings. The number of benzene rings is 1. The second kappa shape index (κ2) is 13.5. The number of methoxy groups -OCH3 is 1. The van der Waals surface area contributed by atoms with E-state index in [-0.39, 0.29) is 56.6 Å². The molecule has 1 saturated carbocycles. The number of carbonyl (C=O) groups is 3. The number of cyclic esters (lactones) is 1. The summed E-state index contributed by atoms with van der Waals surface area (Å²) in [7, 11) is -2.96. The number of fused-ring (bicyclic) bond motifs is 3. The van der Waals surface area contributed by atoms with Gasteiger partial charge in [-0.25, -0.2) is 4.98 Å². The summed E-state index contributed by atoms with van der Waals surface area (Å²) in [5.41, 5.74) is 0.351. The third kappa shape index (κ3) is 7.37. The van der Waals surface area contributed by atoms with Crippen molar-refractivity contribution in [2.45, 2.75) is 103 Å². The van der Waals surface area contributed by atoms with Crippen LogP contribution in [0.5, 0.6) is 11.6 Å². The van der Waals surface area contributed by atoms with Gasteiger partial charge in [0.05, 0.1) is 43.8 Å². The Labute approximate surface area is 276 Å². The Morgan fingerprint density at radius 1 is 1.23 bits per heavy atom. The highest BCUT2D eigenvalue weighted by molar-refractivity contribution is 7.54. The zero-order valence-electron chi connectivity index (χ0n) is 28.4. The van der Waals surface area contributed by atoms with Gasteiger partial charge in [0.2, 0.25) is 11.8 Å². The van der Waals surface area contributed by atoms with E-state index >= 15 is 0 Å². The second-order valence-corrected chi connectivity index (χ2v) is 16.9. The summed E-state index contributed by atoms with van der Waals surface area (Å²) in [4.78, 5) is 68.2. The summed E-state index contributed by atoms with van der Waals surface area (Å²) in [6, 6.07) is 4.88. The van der Waals surface area contributed by atoms with Crippen molar-refractivity contribution in [1.82, 2.24) is 9.88 Å². The van der Waals surface area contributed by atoms with E-state index < -0.39 is 48.0 Å². The molecule has 1 aromatic carbocycles. The summed E-state index contributed by atoms with van der Waals surface area (Å²) in [5, 5.41) is 0.255. The predicted molar refractivity (Wildman–Crippen MR) is 176 cm³/mol. The predicted octanol–water partition coefficient (Wildman–Crippen LogP) is 5.47. The van der Waals surface area contributed by atoms with E-state index in [2.05, 4.69) is 4.98 Å². The number of aromatic nitrogens is 1. The van der Waals surface area contributed by atoms with Gasteiger partial charge in [-0.15, -0.1) is 0 Å². The second-order valence-electron chi connectivity index (χ2n) is 14.9. The van der Waals surface area contributed by atoms with Crippen molar-refractivity contribution >= 4 is 36.0 Å². The lowest BCUT2D eigenvalue weighted by Crippen LogP contribution is -2.48. The number of esters is 1. The molecule has 0 spiro atoms. The topological polar surface area (TPSA) is 153 Å². The number of amides is 1. The molecule has 4 bridgehead atoms. The molecule has 47 heavy (non-hydrogen) atoms. The van der Waals surface area contributed by atoms with Crippen LogP contribution < -0.4 is 9.47 Å². The number of nitrogens with zero attached hydrogens (tertiary/aromatic N) is 2. The van der Waals surface area contributed by atoms with E-state index in [0.29, 0.717) is 12.3 Å². The Balaban J connectivity index is 1.54. The fraction of sp³-hybridized carbons (Fsp3) is 0.657. The molecule has 3 aliphatic rings. The van der Waals surface area contributed by atoms with Gasteiger partial charge in [-0.3, -0.25) is 18.9 Å². The lowest BCUT2D eigenvalue weighted by atomic mass is 9.77. The van der Waals surface area contributed by atoms with Crippen LogP contribution in [-0.4, -0.2) is 74.9 Å². The van der Waals surface area contributed by atoms with Gasteiger partial charge >= 0.3 is 13.6 Å². The van der Waals surface area contributed by atoms with Gasteiger partial charge in [-0.05, 0) is 72.1 Å². The van der Waals surface area contributed by atoms with Crippen LogP contribution in [0.25, 0.3) is 10.8 Å². The number of pyridine rings is 1. The molecule has 12 heteroatoms. The highest BCUT2D eigenvalue weighted by Gasteiger charge is 2.66. The van der Waals surface area contributed by atoms with E-state index in [0.717, 1.165) is 41.3 Å². The normalized spacial score (nSPS) is 29.2. The fourth-order valence-corrected chi connectivity index (χ4v) is 8.90. The van der Waals surface area contributed by atoms with Crippen LogP contribution in [0.15, 0.2) is 24.4 Å². The molecule has 2 aliphatic heterocycles. The first-order valence-corrected chi connectivity index (χ1v) is 18.4. The van der Waals surface area contributed by atoms with Crippen LogP contribution in [0, 0.1) is 23.2 Å². The number of ether oxygens (including phenoxy) is 3. The molecule has 2 aromatic rings. The minimum Gasteiger partial charge on any atom is -0.496 e. The van der Waals surface area contributed by atoms with Crippen molar-refractivity contribution in [2.24, 2.45) is 23.2 Å². The quantitative estimate of drug-likeness (QED) is 0.299. The molecular formula is C35H49N2O9P. The van der Waals surface area contributed by atoms with Crippen molar-refractivity contribution in [2.75, 3.05) is 20.3 Å². The first-order valence-electron chi connectivity index (χ1n) is 16.7. The van der Waals surface area contributed by atoms with Crippen molar-refractivity contribution in [3.63, 3.8) is 0 Å². The molecule has 1 aliphatic carbocycles. The number of Topliss-reactive ketones (excluding diaryl/α,β-unsaturated/α-hetero) is 1. The van der Waals surface area contributed by atoms with Crippen LogP contribution in [0.2, 0.25) is 0 Å². The zero-order chi connectivity index (χ0) is 34.3. The lowest BCUT2D eigenvalue weighted by Gasteiger charge is -2.35. The van der Waals surface area contributed by atoms with Crippen LogP contribution in [0.3, 0.4) is 0 Å². The first-order chi connectivity index (χ1) is 22.1. The van der Waals surface area contributed by atoms with Gasteiger partial charge in [0.15, 0.2) is 5.78 Å². The number of carbonyl (C=O) groups excluding carboxylic acids is 3. The van der Waals surface area contributed by atoms with E-state index in [1.807, 2.05) is 52.8 Å². The molecule has 1 saturated heterocycles. The van der Waals surface area contributed by atoms with E-state index in [1.165, 1.54) is 4.90 Å². The summed E-state index contributed by atoms with van der Waals surface area (Å²) in [5.74, 6) is -1.08. The summed E-state index contributed by atoms with van der Waals surface area (Å²) < 4.78 is 30.5. The number of hydrogen-bond acceptors (Lipinski definition) is 8. The Morgan fingerprint density at radius 2 is 1.98 bits per heavy atom. The van der Waals surface area contributed by atoms with Gasteiger partial charge in [-0.2, -0.15) is 0 Å². The smallest absolute Gasteiger partial charge is 0.332 e. The molecule has 2 N–H and O–H groups in total. The lowest BCUT2D eigenvalue weighted by molar-refractivity contribution is -0.153. The molecule has 258 valence electrons. The first kappa shape index (κ1) is 35.3. The Bertz CT molecular complexity index is 1570. The molecule has 2 unspecified atom stereocenters. The molecule has 6 atom stereocenters. The summed E-state index contributed by atoms with van der Waals surface area (Å²) in [6.07, 6.45) is 3.91. The highest BCUT2D eigenvalue weighted by atomic mass is 31.2. The summed E-state index contributed by atoms with van der Waals surface area (Å²) >= 11 is 0. The molecular weight excluding hydrogens is 623 g/mol. The van der Waals surface area contributed by atoms with Gasteiger partial charge in [-0.1, -0.05) is 41.0 Å². The maximum atomic E-state index is 14.4. The fourth-order valence-electron chi connectivity index (χ4n) is 7.42. The average molecular weight is 673 g/mol. The van der Waals surface area contributed by atoms with Gasteiger partial charge in [0, 0.05) is 24.4 Å². The van der Waals surface area contributed by atoms with Gasteiger partial charge in [0.1, 0.15) is 11.9 Å². The van der Waals surface area contributed by atoms with Crippen LogP contribution in [0.4, 0.5) is 0 Å². The maximum Gasteiger partial charge on any atom is 0.332 e. The monoisotopic (exact) mass is 672 g/mol. The molecule has 3 heterocycles. The van der Waals surface area contributed by atoms with Gasteiger partial charge < -0.3 is 28.9 Å². The number of aryl methyl sites for hydroxylation is 1. The number of ketones is 1. The number of rotatable bonds is 6. The largest absolute Gasteiger partial charge is 0.496 e. The average Bonchev–Trinajstić information content (AvgIpc) is 3.57. The Kier molecular flexibility index (Phi) is 10.1. The maximum absolute atomic E-state index is 14.4. The van der Waals surface area contributed by atoms with E-state index in [9.17, 15) is 28.7 Å². The van der Waals surface area contributed by atoms with Crippen molar-refractivity contribution in [1.29, 1.82) is 0 Å². The van der Waals surface area contributed by atoms with Crippen LogP contribution in [0.1, 0.15) is 85.1 Å². The molecule has 5 rings (SSSR count). The van der Waals surface area contributed by atoms with E-state index in [1.54, 1.807) is 13.3 Å². The van der Waals surface area contributed by atoms with Crippen molar-refractivity contribution in [3.05, 3.63) is 30.0 Å². The highest BCUT2D eigenvalue weighted by Crippen LogP contribution is 2.71. The minimum atomic E-state index is -4.59. The van der Waals surface area contributed by atoms with Crippen LogP contribution in [-0.2, 0) is 30.1 Å². The number of hydrogen-bond donors (Lipinski definition) is 2. The summed E-state index contributed by atoms with van der Waals surface area (Å²) in [6.45, 7) is 9.81. The van der Waals surface area contributed by atoms with Gasteiger partial charge in [0.25, 0.3) is 0 Å². The third-order valence-electron chi connectivity index (χ3n) is 10.5. The third-order valence-corrected chi connectivity index (χ3v) is 12.3. The molecule has 11 nitrogen and oxygen atoms in total. The van der Waals surface area contributed by atoms with E-state index in [4.69, 9.17) is 14.2 Å². The Hall–Kier alpha value is -3.01. The molecule has 0 radical (unpaired) electrons. The zero-order valence-corrected chi connectivity index (χ0v) is 29.3. The van der Waals surface area contributed by atoms with Crippen molar-refractivity contribution < 1.29 is 42.9 Å². The molecule has 1 amide bonds. The van der Waals surface area contributed by atoms with Crippen LogP contribution >= 0.6 is 7.60 Å². The van der Waals surface area contributed by atoms with Crippen molar-refractivity contribution in [3.8, 4) is 11.6 Å².